The highest BCUT2D eigenvalue weighted by Gasteiger charge is 2.16. The lowest BCUT2D eigenvalue weighted by Crippen LogP contribution is -2.36. The minimum atomic E-state index is -0.291. The van der Waals surface area contributed by atoms with Crippen LogP contribution < -0.4 is 16.0 Å². The van der Waals surface area contributed by atoms with Gasteiger partial charge in [0.2, 0.25) is 0 Å². The first-order valence-electron chi connectivity index (χ1n) is 9.05. The van der Waals surface area contributed by atoms with Crippen molar-refractivity contribution in [1.82, 2.24) is 15.6 Å². The molecule has 1 aromatic carbocycles. The molecule has 0 unspecified atom stereocenters. The van der Waals surface area contributed by atoms with Crippen molar-refractivity contribution in [2.75, 3.05) is 5.32 Å². The van der Waals surface area contributed by atoms with Gasteiger partial charge in [0.25, 0.3) is 5.91 Å². The van der Waals surface area contributed by atoms with E-state index in [1.165, 1.54) is 19.3 Å². The molecule has 1 saturated carbocycles. The summed E-state index contributed by atoms with van der Waals surface area (Å²) in [6.45, 7) is 0.427. The van der Waals surface area contributed by atoms with Crippen molar-refractivity contribution in [2.24, 2.45) is 0 Å². The Morgan fingerprint density at radius 3 is 2.35 bits per heavy atom. The zero-order valence-electron chi connectivity index (χ0n) is 14.7. The highest BCUT2D eigenvalue weighted by molar-refractivity contribution is 5.95. The number of aromatic nitrogens is 1. The molecule has 0 radical (unpaired) electrons. The zero-order valence-corrected chi connectivity index (χ0v) is 14.7. The van der Waals surface area contributed by atoms with Crippen molar-refractivity contribution >= 4 is 17.6 Å². The predicted molar refractivity (Wildman–Crippen MR) is 101 cm³/mol. The van der Waals surface area contributed by atoms with Crippen LogP contribution in [0.2, 0.25) is 0 Å². The maximum atomic E-state index is 12.3. The molecule has 1 aliphatic rings. The number of carbonyl (C=O) groups is 2. The largest absolute Gasteiger partial charge is 0.349 e. The standard InChI is InChI=1S/C20H24N4O2/c25-19(23-17-4-2-1-3-5-17)16-6-8-18(9-7-16)24-20(26)22-14-15-10-12-21-13-11-15/h6-13,17H,1-5,14H2,(H,23,25)(H2,22,24,26). The molecule has 0 bridgehead atoms. The van der Waals surface area contributed by atoms with Gasteiger partial charge in [-0.3, -0.25) is 9.78 Å². The fourth-order valence-electron chi connectivity index (χ4n) is 3.08. The van der Waals surface area contributed by atoms with E-state index in [0.29, 0.717) is 17.8 Å². The summed E-state index contributed by atoms with van der Waals surface area (Å²) in [5.41, 5.74) is 2.23. The smallest absolute Gasteiger partial charge is 0.319 e. The van der Waals surface area contributed by atoms with Crippen LogP contribution in [0.5, 0.6) is 0 Å². The molecule has 1 aromatic heterocycles. The monoisotopic (exact) mass is 352 g/mol. The second-order valence-corrected chi connectivity index (χ2v) is 6.55. The summed E-state index contributed by atoms with van der Waals surface area (Å²) >= 11 is 0. The normalized spacial score (nSPS) is 14.5. The van der Waals surface area contributed by atoms with Crippen molar-refractivity contribution in [3.8, 4) is 0 Å². The van der Waals surface area contributed by atoms with Crippen LogP contribution in [0.3, 0.4) is 0 Å². The topological polar surface area (TPSA) is 83.1 Å². The minimum Gasteiger partial charge on any atom is -0.349 e. The number of rotatable bonds is 5. The van der Waals surface area contributed by atoms with E-state index in [9.17, 15) is 9.59 Å². The summed E-state index contributed by atoms with van der Waals surface area (Å²) in [5.74, 6) is -0.0504. The Labute approximate surface area is 153 Å². The van der Waals surface area contributed by atoms with E-state index in [2.05, 4.69) is 20.9 Å². The van der Waals surface area contributed by atoms with Crippen molar-refractivity contribution < 1.29 is 9.59 Å². The van der Waals surface area contributed by atoms with Crippen molar-refractivity contribution in [2.45, 2.75) is 44.7 Å². The molecule has 1 aliphatic carbocycles. The van der Waals surface area contributed by atoms with E-state index in [4.69, 9.17) is 0 Å². The van der Waals surface area contributed by atoms with Crippen LogP contribution in [0.4, 0.5) is 10.5 Å². The van der Waals surface area contributed by atoms with Crippen LogP contribution in [0.25, 0.3) is 0 Å². The highest BCUT2D eigenvalue weighted by Crippen LogP contribution is 2.18. The third-order valence-electron chi connectivity index (χ3n) is 4.55. The SMILES string of the molecule is O=C(NCc1ccncc1)Nc1ccc(C(=O)NC2CCCCC2)cc1. The number of urea groups is 1. The molecule has 6 heteroatoms. The Kier molecular flexibility index (Phi) is 6.19. The molecule has 1 fully saturated rings. The summed E-state index contributed by atoms with van der Waals surface area (Å²) in [4.78, 5) is 28.2. The average molecular weight is 352 g/mol. The van der Waals surface area contributed by atoms with Gasteiger partial charge >= 0.3 is 6.03 Å². The fraction of sp³-hybridized carbons (Fsp3) is 0.350. The first-order chi connectivity index (χ1) is 12.7. The number of pyridine rings is 1. The van der Waals surface area contributed by atoms with E-state index in [0.717, 1.165) is 18.4 Å². The molecule has 3 rings (SSSR count). The molecule has 6 nitrogen and oxygen atoms in total. The number of nitrogens with zero attached hydrogens (tertiary/aromatic N) is 1. The Hall–Kier alpha value is -2.89. The van der Waals surface area contributed by atoms with Crippen LogP contribution in [0.15, 0.2) is 48.8 Å². The quantitative estimate of drug-likeness (QED) is 0.770. The molecule has 136 valence electrons. The molecule has 0 saturated heterocycles. The van der Waals surface area contributed by atoms with E-state index in [1.54, 1.807) is 36.7 Å². The van der Waals surface area contributed by atoms with Crippen molar-refractivity contribution in [1.29, 1.82) is 0 Å². The van der Waals surface area contributed by atoms with Gasteiger partial charge in [-0.2, -0.15) is 0 Å². The number of hydrogen-bond acceptors (Lipinski definition) is 3. The molecule has 26 heavy (non-hydrogen) atoms. The molecule has 1 heterocycles. The van der Waals surface area contributed by atoms with Gasteiger partial charge in [0.1, 0.15) is 0 Å². The number of nitrogens with one attached hydrogen (secondary N) is 3. The fourth-order valence-corrected chi connectivity index (χ4v) is 3.08. The van der Waals surface area contributed by atoms with Crippen molar-refractivity contribution in [3.05, 3.63) is 59.9 Å². The summed E-state index contributed by atoms with van der Waals surface area (Å²) in [7, 11) is 0. The predicted octanol–water partition coefficient (Wildman–Crippen LogP) is 3.47. The maximum Gasteiger partial charge on any atom is 0.319 e. The van der Waals surface area contributed by atoms with Gasteiger partial charge in [-0.25, -0.2) is 4.79 Å². The Bertz CT molecular complexity index is 725. The number of anilines is 1. The van der Waals surface area contributed by atoms with Crippen LogP contribution in [-0.2, 0) is 6.54 Å². The number of hydrogen-bond donors (Lipinski definition) is 3. The summed E-state index contributed by atoms with van der Waals surface area (Å²) in [6, 6.07) is 10.6. The second-order valence-electron chi connectivity index (χ2n) is 6.55. The first-order valence-corrected chi connectivity index (χ1v) is 9.05. The maximum absolute atomic E-state index is 12.3. The zero-order chi connectivity index (χ0) is 18.2. The minimum absolute atomic E-state index is 0.0504. The third-order valence-corrected chi connectivity index (χ3v) is 4.55. The highest BCUT2D eigenvalue weighted by atomic mass is 16.2. The number of amides is 3. The van der Waals surface area contributed by atoms with Gasteiger partial charge in [0.05, 0.1) is 0 Å². The van der Waals surface area contributed by atoms with E-state index >= 15 is 0 Å². The van der Waals surface area contributed by atoms with Crippen molar-refractivity contribution in [3.63, 3.8) is 0 Å². The third kappa shape index (κ3) is 5.31. The summed E-state index contributed by atoms with van der Waals surface area (Å²) in [5, 5.41) is 8.63. The summed E-state index contributed by atoms with van der Waals surface area (Å²) in [6.07, 6.45) is 9.12. The van der Waals surface area contributed by atoms with E-state index < -0.39 is 0 Å². The molecule has 3 N–H and O–H groups in total. The Morgan fingerprint density at radius 2 is 1.65 bits per heavy atom. The van der Waals surface area contributed by atoms with Gasteiger partial charge < -0.3 is 16.0 Å². The van der Waals surface area contributed by atoms with Gasteiger partial charge in [-0.1, -0.05) is 19.3 Å². The van der Waals surface area contributed by atoms with Gasteiger partial charge in [-0.15, -0.1) is 0 Å². The second kappa shape index (κ2) is 8.99. The molecular formula is C20H24N4O2. The van der Waals surface area contributed by atoms with Crippen LogP contribution >= 0.6 is 0 Å². The van der Waals surface area contributed by atoms with Gasteiger partial charge in [0, 0.05) is 36.2 Å². The molecule has 3 amide bonds. The van der Waals surface area contributed by atoms with E-state index in [-0.39, 0.29) is 18.0 Å². The molecule has 2 aromatic rings. The van der Waals surface area contributed by atoms with Gasteiger partial charge in [-0.05, 0) is 54.8 Å². The van der Waals surface area contributed by atoms with Crippen LogP contribution in [0, 0.1) is 0 Å². The lowest BCUT2D eigenvalue weighted by molar-refractivity contribution is 0.0927. The van der Waals surface area contributed by atoms with Crippen LogP contribution in [0.1, 0.15) is 48.0 Å². The Balaban J connectivity index is 1.47. The molecule has 0 aliphatic heterocycles. The first kappa shape index (κ1) is 17.9. The Morgan fingerprint density at radius 1 is 0.962 bits per heavy atom. The number of carbonyl (C=O) groups excluding carboxylic acids is 2. The lowest BCUT2D eigenvalue weighted by Gasteiger charge is -2.22. The van der Waals surface area contributed by atoms with Gasteiger partial charge in [0.15, 0.2) is 0 Å². The molecular weight excluding hydrogens is 328 g/mol. The molecule has 0 atom stereocenters. The van der Waals surface area contributed by atoms with Crippen LogP contribution in [-0.4, -0.2) is 23.0 Å². The number of benzene rings is 1. The van der Waals surface area contributed by atoms with E-state index in [1.807, 2.05) is 12.1 Å². The summed E-state index contributed by atoms with van der Waals surface area (Å²) < 4.78 is 0. The lowest BCUT2D eigenvalue weighted by atomic mass is 9.95. The average Bonchev–Trinajstić information content (AvgIpc) is 2.68. The molecule has 0 spiro atoms.